The lowest BCUT2D eigenvalue weighted by molar-refractivity contribution is -0.128. The number of benzene rings is 1. The van der Waals surface area contributed by atoms with E-state index in [0.717, 1.165) is 29.1 Å². The van der Waals surface area contributed by atoms with Crippen molar-refractivity contribution in [3.05, 3.63) is 34.3 Å². The summed E-state index contributed by atoms with van der Waals surface area (Å²) in [6.45, 7) is 4.13. The summed E-state index contributed by atoms with van der Waals surface area (Å²) in [5.74, 6) is 0.592. The molecule has 0 unspecified atom stereocenters. The van der Waals surface area contributed by atoms with Crippen molar-refractivity contribution in [1.29, 1.82) is 0 Å². The average molecular weight is 282 g/mol. The van der Waals surface area contributed by atoms with E-state index in [9.17, 15) is 4.79 Å². The fraction of sp³-hybridized carbons (Fsp3) is 0.533. The van der Waals surface area contributed by atoms with Crippen LogP contribution in [-0.4, -0.2) is 37.6 Å². The number of aryl methyl sites for hydroxylation is 1. The van der Waals surface area contributed by atoms with Gasteiger partial charge in [-0.3, -0.25) is 4.79 Å². The van der Waals surface area contributed by atoms with Crippen molar-refractivity contribution in [2.24, 2.45) is 5.92 Å². The zero-order valence-electron chi connectivity index (χ0n) is 11.5. The molecule has 0 saturated carbocycles. The summed E-state index contributed by atoms with van der Waals surface area (Å²) >= 11 is 6.25. The van der Waals surface area contributed by atoms with Crippen LogP contribution >= 0.6 is 11.6 Å². The minimum absolute atomic E-state index is 0.227. The average Bonchev–Trinajstić information content (AvgIpc) is 2.71. The Hall–Kier alpha value is -1.06. The fourth-order valence-electron chi connectivity index (χ4n) is 2.54. The van der Waals surface area contributed by atoms with Crippen LogP contribution in [0.5, 0.6) is 0 Å². The monoisotopic (exact) mass is 281 g/mol. The van der Waals surface area contributed by atoms with Crippen LogP contribution in [0.1, 0.15) is 17.5 Å². The van der Waals surface area contributed by atoms with E-state index < -0.39 is 0 Å². The van der Waals surface area contributed by atoms with Crippen LogP contribution in [0.2, 0.25) is 5.02 Å². The largest absolute Gasteiger partial charge is 0.383 e. The van der Waals surface area contributed by atoms with Gasteiger partial charge in [0.1, 0.15) is 0 Å². The van der Waals surface area contributed by atoms with Crippen LogP contribution in [0.15, 0.2) is 18.2 Å². The Balaban J connectivity index is 1.95. The first-order chi connectivity index (χ1) is 9.10. The van der Waals surface area contributed by atoms with E-state index >= 15 is 0 Å². The van der Waals surface area contributed by atoms with E-state index in [2.05, 4.69) is 12.1 Å². The number of carbonyl (C=O) groups excluding carboxylic acids is 1. The van der Waals surface area contributed by atoms with Gasteiger partial charge in [-0.2, -0.15) is 0 Å². The molecule has 1 atom stereocenters. The van der Waals surface area contributed by atoms with Gasteiger partial charge in [0.25, 0.3) is 0 Å². The number of rotatable bonds is 5. The quantitative estimate of drug-likeness (QED) is 0.830. The fourth-order valence-corrected chi connectivity index (χ4v) is 2.85. The molecule has 0 bridgehead atoms. The number of hydrogen-bond acceptors (Lipinski definition) is 2. The van der Waals surface area contributed by atoms with Crippen LogP contribution in [0.3, 0.4) is 0 Å². The van der Waals surface area contributed by atoms with Crippen LogP contribution in [-0.2, 0) is 16.0 Å². The van der Waals surface area contributed by atoms with Crippen LogP contribution in [0.4, 0.5) is 0 Å². The number of hydrogen-bond donors (Lipinski definition) is 0. The third-order valence-electron chi connectivity index (χ3n) is 3.58. The number of likely N-dealkylation sites (tertiary alicyclic amines) is 1. The molecular formula is C15H20ClNO2. The molecule has 1 amide bonds. The van der Waals surface area contributed by atoms with Gasteiger partial charge in [-0.1, -0.05) is 23.7 Å². The Morgan fingerprint density at radius 2 is 2.26 bits per heavy atom. The summed E-state index contributed by atoms with van der Waals surface area (Å²) in [6.07, 6.45) is 1.49. The predicted molar refractivity (Wildman–Crippen MR) is 76.5 cm³/mol. The summed E-state index contributed by atoms with van der Waals surface area (Å²) in [5, 5.41) is 0.808. The molecule has 1 saturated heterocycles. The van der Waals surface area contributed by atoms with E-state index in [0.29, 0.717) is 25.5 Å². The topological polar surface area (TPSA) is 29.5 Å². The van der Waals surface area contributed by atoms with Crippen molar-refractivity contribution in [3.8, 4) is 0 Å². The highest BCUT2D eigenvalue weighted by Crippen LogP contribution is 2.26. The molecule has 4 heteroatoms. The molecule has 0 spiro atoms. The van der Waals surface area contributed by atoms with E-state index in [1.165, 1.54) is 0 Å². The summed E-state index contributed by atoms with van der Waals surface area (Å²) in [7, 11) is 1.66. The first-order valence-electron chi connectivity index (χ1n) is 6.62. The van der Waals surface area contributed by atoms with E-state index in [4.69, 9.17) is 16.3 Å². The zero-order valence-corrected chi connectivity index (χ0v) is 12.2. The predicted octanol–water partition coefficient (Wildman–Crippen LogP) is 2.69. The lowest BCUT2D eigenvalue weighted by atomic mass is 9.98. The maximum absolute atomic E-state index is 11.9. The van der Waals surface area contributed by atoms with Crippen molar-refractivity contribution in [3.63, 3.8) is 0 Å². The number of carbonyl (C=O) groups is 1. The van der Waals surface area contributed by atoms with Gasteiger partial charge in [-0.15, -0.1) is 0 Å². The highest BCUT2D eigenvalue weighted by molar-refractivity contribution is 6.31. The third-order valence-corrected chi connectivity index (χ3v) is 3.93. The summed E-state index contributed by atoms with van der Waals surface area (Å²) in [5.41, 5.74) is 2.30. The number of ether oxygens (including phenoxy) is 1. The second kappa shape index (κ2) is 6.40. The molecular weight excluding hydrogens is 262 g/mol. The molecule has 1 aromatic carbocycles. The van der Waals surface area contributed by atoms with Gasteiger partial charge in [-0.05, 0) is 36.5 Å². The van der Waals surface area contributed by atoms with Gasteiger partial charge in [0.2, 0.25) is 5.91 Å². The van der Waals surface area contributed by atoms with Crippen molar-refractivity contribution in [2.75, 3.05) is 26.8 Å². The van der Waals surface area contributed by atoms with Crippen molar-refractivity contribution >= 4 is 17.5 Å². The van der Waals surface area contributed by atoms with E-state index in [-0.39, 0.29) is 5.91 Å². The Morgan fingerprint density at radius 1 is 1.47 bits per heavy atom. The second-order valence-corrected chi connectivity index (χ2v) is 5.61. The Morgan fingerprint density at radius 3 is 2.95 bits per heavy atom. The molecule has 1 aliphatic rings. The van der Waals surface area contributed by atoms with Gasteiger partial charge in [-0.25, -0.2) is 0 Å². The molecule has 104 valence electrons. The lowest BCUT2D eigenvalue weighted by Crippen LogP contribution is -2.28. The van der Waals surface area contributed by atoms with Gasteiger partial charge < -0.3 is 9.64 Å². The molecule has 0 aliphatic carbocycles. The lowest BCUT2D eigenvalue weighted by Gasteiger charge is -2.16. The van der Waals surface area contributed by atoms with Crippen LogP contribution < -0.4 is 0 Å². The molecule has 1 aliphatic heterocycles. The first-order valence-corrected chi connectivity index (χ1v) is 6.99. The smallest absolute Gasteiger partial charge is 0.223 e. The van der Waals surface area contributed by atoms with Crippen molar-refractivity contribution < 1.29 is 9.53 Å². The molecule has 1 fully saturated rings. The second-order valence-electron chi connectivity index (χ2n) is 5.20. The number of amides is 1. The summed E-state index contributed by atoms with van der Waals surface area (Å²) < 4.78 is 5.02. The maximum Gasteiger partial charge on any atom is 0.223 e. The summed E-state index contributed by atoms with van der Waals surface area (Å²) in [6, 6.07) is 6.12. The maximum atomic E-state index is 11.9. The van der Waals surface area contributed by atoms with Crippen molar-refractivity contribution in [1.82, 2.24) is 4.90 Å². The molecule has 0 radical (unpaired) electrons. The number of methoxy groups -OCH3 is 1. The number of halogens is 1. The first kappa shape index (κ1) is 14.4. The molecule has 1 aromatic rings. The minimum Gasteiger partial charge on any atom is -0.383 e. The normalized spacial score (nSPS) is 19.2. The van der Waals surface area contributed by atoms with Crippen molar-refractivity contribution in [2.45, 2.75) is 19.8 Å². The summed E-state index contributed by atoms with van der Waals surface area (Å²) in [4.78, 5) is 13.7. The van der Waals surface area contributed by atoms with Gasteiger partial charge >= 0.3 is 0 Å². The minimum atomic E-state index is 0.227. The van der Waals surface area contributed by atoms with Crippen LogP contribution in [0.25, 0.3) is 0 Å². The number of nitrogens with zero attached hydrogens (tertiary/aromatic N) is 1. The van der Waals surface area contributed by atoms with Crippen LogP contribution in [0, 0.1) is 12.8 Å². The van der Waals surface area contributed by atoms with Gasteiger partial charge in [0.05, 0.1) is 6.61 Å². The standard InChI is InChI=1S/C15H20ClNO2/c1-11-3-4-13(14(16)7-11)8-12-9-15(18)17(10-12)5-6-19-2/h3-4,7,12H,5-6,8-10H2,1-2H3/t12-/m0/s1. The SMILES string of the molecule is COCCN1C[C@@H](Cc2ccc(C)cc2Cl)CC1=O. The Kier molecular flexibility index (Phi) is 4.83. The highest BCUT2D eigenvalue weighted by Gasteiger charge is 2.29. The molecule has 3 nitrogen and oxygen atoms in total. The molecule has 0 N–H and O–H groups in total. The van der Waals surface area contributed by atoms with Gasteiger partial charge in [0.15, 0.2) is 0 Å². The molecule has 19 heavy (non-hydrogen) atoms. The zero-order chi connectivity index (χ0) is 13.8. The molecule has 1 heterocycles. The van der Waals surface area contributed by atoms with E-state index in [1.54, 1.807) is 7.11 Å². The Bertz CT molecular complexity index is 461. The molecule has 2 rings (SSSR count). The Labute approximate surface area is 119 Å². The third kappa shape index (κ3) is 3.71. The molecule has 0 aromatic heterocycles. The van der Waals surface area contributed by atoms with E-state index in [1.807, 2.05) is 17.9 Å². The van der Waals surface area contributed by atoms with Gasteiger partial charge in [0, 0.05) is 31.6 Å². The highest BCUT2D eigenvalue weighted by atomic mass is 35.5.